The Morgan fingerprint density at radius 2 is 2.12 bits per heavy atom. The van der Waals surface area contributed by atoms with Crippen molar-refractivity contribution in [2.45, 2.75) is 36.4 Å². The number of halogens is 1. The van der Waals surface area contributed by atoms with Crippen molar-refractivity contribution in [1.29, 1.82) is 5.26 Å². The van der Waals surface area contributed by atoms with Gasteiger partial charge in [-0.05, 0) is 37.8 Å². The summed E-state index contributed by atoms with van der Waals surface area (Å²) < 4.78 is 15.6. The number of hydrogen-bond donors (Lipinski definition) is 1. The van der Waals surface area contributed by atoms with Gasteiger partial charge in [0, 0.05) is 7.05 Å². The van der Waals surface area contributed by atoms with Crippen molar-refractivity contribution in [3.63, 3.8) is 0 Å². The predicted octanol–water partition coefficient (Wildman–Crippen LogP) is 2.67. The van der Waals surface area contributed by atoms with Crippen molar-refractivity contribution in [3.8, 4) is 17.5 Å². The number of benzene rings is 1. The molecule has 2 aromatic rings. The third kappa shape index (κ3) is 3.66. The van der Waals surface area contributed by atoms with Gasteiger partial charge in [-0.2, -0.15) is 5.26 Å². The lowest BCUT2D eigenvalue weighted by atomic mass is 10.0. The van der Waals surface area contributed by atoms with Crippen molar-refractivity contribution in [2.24, 2.45) is 7.05 Å². The second kappa shape index (κ2) is 7.23. The van der Waals surface area contributed by atoms with Crippen molar-refractivity contribution >= 4 is 17.7 Å². The normalized spacial score (nSPS) is 15.7. The predicted molar refractivity (Wildman–Crippen MR) is 92.1 cm³/mol. The zero-order chi connectivity index (χ0) is 17.9. The summed E-state index contributed by atoms with van der Waals surface area (Å²) in [5.74, 6) is -0.0363. The Morgan fingerprint density at radius 1 is 1.40 bits per heavy atom. The van der Waals surface area contributed by atoms with E-state index in [1.54, 1.807) is 29.8 Å². The third-order valence-corrected chi connectivity index (χ3v) is 5.35. The van der Waals surface area contributed by atoms with Crippen LogP contribution < -0.4 is 5.32 Å². The highest BCUT2D eigenvalue weighted by atomic mass is 32.2. The summed E-state index contributed by atoms with van der Waals surface area (Å²) in [6.45, 7) is 0. The fourth-order valence-electron chi connectivity index (χ4n) is 2.99. The zero-order valence-corrected chi connectivity index (χ0v) is 14.6. The fraction of sp³-hybridized carbons (Fsp3) is 0.412. The molecule has 0 aliphatic heterocycles. The highest BCUT2D eigenvalue weighted by molar-refractivity contribution is 7.99. The average Bonchev–Trinajstić information content (AvgIpc) is 3.21. The van der Waals surface area contributed by atoms with E-state index in [4.69, 9.17) is 0 Å². The first-order valence-electron chi connectivity index (χ1n) is 8.04. The molecule has 1 fully saturated rings. The Labute approximate surface area is 149 Å². The van der Waals surface area contributed by atoms with Gasteiger partial charge in [-0.15, -0.1) is 10.2 Å². The van der Waals surface area contributed by atoms with Gasteiger partial charge in [0.25, 0.3) is 0 Å². The van der Waals surface area contributed by atoms with Crippen molar-refractivity contribution in [2.75, 3.05) is 5.75 Å². The summed E-state index contributed by atoms with van der Waals surface area (Å²) in [5.41, 5.74) is -0.362. The molecule has 0 unspecified atom stereocenters. The Balaban J connectivity index is 1.66. The van der Waals surface area contributed by atoms with E-state index in [1.165, 1.54) is 17.8 Å². The van der Waals surface area contributed by atoms with E-state index < -0.39 is 5.54 Å². The van der Waals surface area contributed by atoms with E-state index in [-0.39, 0.29) is 17.5 Å². The topological polar surface area (TPSA) is 83.6 Å². The molecule has 1 aliphatic carbocycles. The van der Waals surface area contributed by atoms with E-state index in [9.17, 15) is 14.4 Å². The average molecular weight is 359 g/mol. The molecule has 1 aliphatic rings. The number of thioether (sulfide) groups is 1. The van der Waals surface area contributed by atoms with Crippen LogP contribution in [0.4, 0.5) is 4.39 Å². The molecule has 0 atom stereocenters. The Morgan fingerprint density at radius 3 is 2.80 bits per heavy atom. The highest BCUT2D eigenvalue weighted by Crippen LogP contribution is 2.29. The SMILES string of the molecule is Cn1c(SCC(=O)NC2(C#N)CCCC2)nnc1-c1ccccc1F. The van der Waals surface area contributed by atoms with Crippen molar-refractivity contribution in [1.82, 2.24) is 20.1 Å². The molecule has 0 bridgehead atoms. The number of nitriles is 1. The second-order valence-corrected chi connectivity index (χ2v) is 7.03. The first-order chi connectivity index (χ1) is 12.0. The summed E-state index contributed by atoms with van der Waals surface area (Å²) in [4.78, 5) is 12.2. The van der Waals surface area contributed by atoms with Crippen LogP contribution in [0.15, 0.2) is 29.4 Å². The third-order valence-electron chi connectivity index (χ3n) is 4.33. The molecular weight excluding hydrogens is 341 g/mol. The van der Waals surface area contributed by atoms with Gasteiger partial charge in [-0.3, -0.25) is 4.79 Å². The van der Waals surface area contributed by atoms with Gasteiger partial charge >= 0.3 is 0 Å². The van der Waals surface area contributed by atoms with Crippen LogP contribution in [0.25, 0.3) is 11.4 Å². The molecular formula is C17H18FN5OS. The van der Waals surface area contributed by atoms with Crippen LogP contribution in [0.5, 0.6) is 0 Å². The first kappa shape index (κ1) is 17.4. The monoisotopic (exact) mass is 359 g/mol. The molecule has 0 radical (unpaired) electrons. The van der Waals surface area contributed by atoms with Gasteiger partial charge in [0.15, 0.2) is 11.0 Å². The van der Waals surface area contributed by atoms with Crippen LogP contribution in [0.1, 0.15) is 25.7 Å². The lowest BCUT2D eigenvalue weighted by Crippen LogP contribution is -2.45. The molecule has 1 aromatic heterocycles. The van der Waals surface area contributed by atoms with Gasteiger partial charge < -0.3 is 9.88 Å². The quantitative estimate of drug-likeness (QED) is 0.830. The van der Waals surface area contributed by atoms with E-state index in [2.05, 4.69) is 21.6 Å². The van der Waals surface area contributed by atoms with E-state index in [1.807, 2.05) is 0 Å². The molecule has 0 saturated heterocycles. The number of amides is 1. The minimum atomic E-state index is -0.726. The van der Waals surface area contributed by atoms with Crippen LogP contribution in [0.2, 0.25) is 0 Å². The number of nitrogens with zero attached hydrogens (tertiary/aromatic N) is 4. The molecule has 1 N–H and O–H groups in total. The van der Waals surface area contributed by atoms with Crippen molar-refractivity contribution in [3.05, 3.63) is 30.1 Å². The minimum Gasteiger partial charge on any atom is -0.337 e. The lowest BCUT2D eigenvalue weighted by molar-refractivity contribution is -0.119. The summed E-state index contributed by atoms with van der Waals surface area (Å²) >= 11 is 1.21. The maximum atomic E-state index is 13.9. The second-order valence-electron chi connectivity index (χ2n) is 6.08. The van der Waals surface area contributed by atoms with Gasteiger partial charge in [0.1, 0.15) is 11.4 Å². The van der Waals surface area contributed by atoms with Gasteiger partial charge in [-0.1, -0.05) is 23.9 Å². The molecule has 1 saturated carbocycles. The summed E-state index contributed by atoms with van der Waals surface area (Å²) in [6.07, 6.45) is 3.30. The van der Waals surface area contributed by atoms with Gasteiger partial charge in [0.05, 0.1) is 17.4 Å². The smallest absolute Gasteiger partial charge is 0.231 e. The van der Waals surface area contributed by atoms with E-state index >= 15 is 0 Å². The number of rotatable bonds is 5. The molecule has 25 heavy (non-hydrogen) atoms. The van der Waals surface area contributed by atoms with E-state index in [0.29, 0.717) is 29.4 Å². The molecule has 1 heterocycles. The van der Waals surface area contributed by atoms with Gasteiger partial charge in [0.2, 0.25) is 5.91 Å². The Kier molecular flexibility index (Phi) is 5.04. The lowest BCUT2D eigenvalue weighted by Gasteiger charge is -2.21. The maximum absolute atomic E-state index is 13.9. The standard InChI is InChI=1S/C17H18FN5OS/c1-23-15(12-6-2-3-7-13(12)18)21-22-16(23)25-10-14(24)20-17(11-19)8-4-5-9-17/h2-3,6-7H,4-5,8-10H2,1H3,(H,20,24). The maximum Gasteiger partial charge on any atom is 0.231 e. The summed E-state index contributed by atoms with van der Waals surface area (Å²) in [6, 6.07) is 8.58. The van der Waals surface area contributed by atoms with Crippen LogP contribution in [0, 0.1) is 17.1 Å². The molecule has 0 spiro atoms. The van der Waals surface area contributed by atoms with Crippen molar-refractivity contribution < 1.29 is 9.18 Å². The summed E-state index contributed by atoms with van der Waals surface area (Å²) in [5, 5.41) is 20.7. The zero-order valence-electron chi connectivity index (χ0n) is 13.8. The van der Waals surface area contributed by atoms with Crippen LogP contribution in [-0.2, 0) is 11.8 Å². The summed E-state index contributed by atoms with van der Waals surface area (Å²) in [7, 11) is 1.73. The molecule has 3 rings (SSSR count). The number of carbonyl (C=O) groups is 1. The van der Waals surface area contributed by atoms with Crippen LogP contribution in [-0.4, -0.2) is 32.0 Å². The Bertz CT molecular complexity index is 823. The number of hydrogen-bond acceptors (Lipinski definition) is 5. The van der Waals surface area contributed by atoms with Gasteiger partial charge in [-0.25, -0.2) is 4.39 Å². The fourth-order valence-corrected chi connectivity index (χ4v) is 3.71. The van der Waals surface area contributed by atoms with Crippen LogP contribution >= 0.6 is 11.8 Å². The molecule has 8 heteroatoms. The number of aromatic nitrogens is 3. The highest BCUT2D eigenvalue weighted by Gasteiger charge is 2.35. The first-order valence-corrected chi connectivity index (χ1v) is 9.02. The minimum absolute atomic E-state index is 0.132. The van der Waals surface area contributed by atoms with E-state index in [0.717, 1.165) is 12.8 Å². The number of carbonyl (C=O) groups excluding carboxylic acids is 1. The Hall–Kier alpha value is -2.40. The molecule has 1 aromatic carbocycles. The molecule has 130 valence electrons. The largest absolute Gasteiger partial charge is 0.337 e. The molecule has 6 nitrogen and oxygen atoms in total. The van der Waals surface area contributed by atoms with Crippen LogP contribution in [0.3, 0.4) is 0 Å². The number of nitrogens with one attached hydrogen (secondary N) is 1. The molecule has 1 amide bonds.